The van der Waals surface area contributed by atoms with Crippen molar-refractivity contribution in [3.63, 3.8) is 0 Å². The fourth-order valence-electron chi connectivity index (χ4n) is 3.08. The van der Waals surface area contributed by atoms with E-state index in [2.05, 4.69) is 5.32 Å². The molecule has 0 aromatic heterocycles. The number of rotatable bonds is 6. The van der Waals surface area contributed by atoms with Crippen molar-refractivity contribution in [1.82, 2.24) is 5.32 Å². The molecule has 1 atom stereocenters. The molecule has 0 saturated carbocycles. The Hall–Kier alpha value is -2.66. The van der Waals surface area contributed by atoms with Gasteiger partial charge in [0.1, 0.15) is 6.04 Å². The van der Waals surface area contributed by atoms with Gasteiger partial charge in [-0.2, -0.15) is 0 Å². The minimum atomic E-state index is -0.525. The maximum atomic E-state index is 12.1. The Morgan fingerprint density at radius 3 is 2.68 bits per heavy atom. The number of nitrogens with zero attached hydrogens (tertiary/aromatic N) is 1. The van der Waals surface area contributed by atoms with Gasteiger partial charge in [-0.3, -0.25) is 10.1 Å². The molecule has 0 spiro atoms. The predicted molar refractivity (Wildman–Crippen MR) is 96.1 cm³/mol. The number of hydrogen-bond acceptors (Lipinski definition) is 4. The Morgan fingerprint density at radius 2 is 2.00 bits per heavy atom. The molecule has 0 unspecified atom stereocenters. The average Bonchev–Trinajstić information content (AvgIpc) is 3.09. The van der Waals surface area contributed by atoms with E-state index in [9.17, 15) is 9.59 Å². The molecule has 2 aromatic rings. The summed E-state index contributed by atoms with van der Waals surface area (Å²) in [5.41, 5.74) is 2.79. The monoisotopic (exact) mass is 338 g/mol. The molecule has 2 aromatic carbocycles. The number of amides is 1. The first-order valence-electron chi connectivity index (χ1n) is 8.44. The summed E-state index contributed by atoms with van der Waals surface area (Å²) in [7, 11) is 1.39. The number of esters is 1. The van der Waals surface area contributed by atoms with Crippen molar-refractivity contribution < 1.29 is 14.3 Å². The molecular weight excluding hydrogens is 316 g/mol. The van der Waals surface area contributed by atoms with Gasteiger partial charge in [0, 0.05) is 25.2 Å². The van der Waals surface area contributed by atoms with Crippen LogP contribution >= 0.6 is 0 Å². The van der Waals surface area contributed by atoms with Gasteiger partial charge < -0.3 is 9.64 Å². The van der Waals surface area contributed by atoms with Crippen LogP contribution in [0.4, 0.5) is 5.69 Å². The van der Waals surface area contributed by atoms with Crippen LogP contribution in [0.2, 0.25) is 0 Å². The number of carbonyl (C=O) groups excluding carboxylic acids is 2. The highest BCUT2D eigenvalue weighted by Gasteiger charge is 2.23. The van der Waals surface area contributed by atoms with Crippen molar-refractivity contribution in [3.8, 4) is 0 Å². The number of nitrogens with one attached hydrogen (secondary N) is 1. The molecule has 1 aliphatic rings. The Labute approximate surface area is 147 Å². The number of hydrogen-bond donors (Lipinski definition) is 1. The van der Waals surface area contributed by atoms with Crippen molar-refractivity contribution in [3.05, 3.63) is 65.7 Å². The van der Waals surface area contributed by atoms with Crippen molar-refractivity contribution in [1.29, 1.82) is 0 Å². The van der Waals surface area contributed by atoms with Gasteiger partial charge in [0.25, 0.3) is 0 Å². The summed E-state index contributed by atoms with van der Waals surface area (Å²) in [5.74, 6) is -0.154. The van der Waals surface area contributed by atoms with Crippen LogP contribution in [0.25, 0.3) is 0 Å². The van der Waals surface area contributed by atoms with E-state index in [-0.39, 0.29) is 11.9 Å². The Morgan fingerprint density at radius 1 is 1.20 bits per heavy atom. The highest BCUT2D eigenvalue weighted by Crippen LogP contribution is 2.23. The van der Waals surface area contributed by atoms with E-state index < -0.39 is 6.04 Å². The quantitative estimate of drug-likeness (QED) is 0.823. The van der Waals surface area contributed by atoms with E-state index in [1.165, 1.54) is 7.11 Å². The summed E-state index contributed by atoms with van der Waals surface area (Å²) >= 11 is 0. The van der Waals surface area contributed by atoms with Crippen molar-refractivity contribution in [2.24, 2.45) is 0 Å². The molecule has 0 aliphatic carbocycles. The molecule has 0 bridgehead atoms. The smallest absolute Gasteiger partial charge is 0.327 e. The van der Waals surface area contributed by atoms with Gasteiger partial charge in [0.15, 0.2) is 0 Å². The molecule has 5 heteroatoms. The molecule has 0 radical (unpaired) electrons. The van der Waals surface area contributed by atoms with Crippen LogP contribution < -0.4 is 10.2 Å². The molecule has 5 nitrogen and oxygen atoms in total. The van der Waals surface area contributed by atoms with Crippen LogP contribution in [0.1, 0.15) is 30.0 Å². The molecule has 1 heterocycles. The number of benzene rings is 2. The minimum Gasteiger partial charge on any atom is -0.468 e. The van der Waals surface area contributed by atoms with Gasteiger partial charge in [-0.1, -0.05) is 42.5 Å². The van der Waals surface area contributed by atoms with E-state index >= 15 is 0 Å². The first-order chi connectivity index (χ1) is 12.2. The fourth-order valence-corrected chi connectivity index (χ4v) is 3.08. The van der Waals surface area contributed by atoms with Crippen molar-refractivity contribution in [2.75, 3.05) is 18.6 Å². The van der Waals surface area contributed by atoms with Crippen LogP contribution in [-0.2, 0) is 20.9 Å². The SMILES string of the molecule is COC(=O)[C@H](NCc1cccc(N2CCCC2=O)c1)c1ccccc1. The number of methoxy groups -OCH3 is 1. The Balaban J connectivity index is 1.73. The lowest BCUT2D eigenvalue weighted by Gasteiger charge is -2.19. The van der Waals surface area contributed by atoms with Crippen LogP contribution in [0.15, 0.2) is 54.6 Å². The first kappa shape index (κ1) is 17.2. The topological polar surface area (TPSA) is 58.6 Å². The van der Waals surface area contributed by atoms with E-state index in [0.29, 0.717) is 13.0 Å². The summed E-state index contributed by atoms with van der Waals surface area (Å²) in [6.45, 7) is 1.27. The molecular formula is C20H22N2O3. The van der Waals surface area contributed by atoms with E-state index in [4.69, 9.17) is 4.74 Å². The third-order valence-corrected chi connectivity index (χ3v) is 4.38. The lowest BCUT2D eigenvalue weighted by Crippen LogP contribution is -2.29. The second kappa shape index (κ2) is 7.94. The van der Waals surface area contributed by atoms with Crippen LogP contribution in [0.3, 0.4) is 0 Å². The molecule has 25 heavy (non-hydrogen) atoms. The molecule has 1 aliphatic heterocycles. The highest BCUT2D eigenvalue weighted by atomic mass is 16.5. The van der Waals surface area contributed by atoms with E-state index in [1.54, 1.807) is 0 Å². The first-order valence-corrected chi connectivity index (χ1v) is 8.44. The number of carbonyl (C=O) groups is 2. The normalized spacial score (nSPS) is 15.2. The average molecular weight is 338 g/mol. The van der Waals surface area contributed by atoms with Gasteiger partial charge in [-0.05, 0) is 29.7 Å². The number of ether oxygens (including phenoxy) is 1. The lowest BCUT2D eigenvalue weighted by molar-refractivity contribution is -0.143. The summed E-state index contributed by atoms with van der Waals surface area (Å²) < 4.78 is 4.92. The summed E-state index contributed by atoms with van der Waals surface area (Å²) in [5, 5.41) is 3.25. The highest BCUT2D eigenvalue weighted by molar-refractivity contribution is 5.95. The summed E-state index contributed by atoms with van der Waals surface area (Å²) in [4.78, 5) is 25.8. The van der Waals surface area contributed by atoms with Gasteiger partial charge in [-0.15, -0.1) is 0 Å². The third-order valence-electron chi connectivity index (χ3n) is 4.38. The maximum absolute atomic E-state index is 12.1. The number of anilines is 1. The van der Waals surface area contributed by atoms with E-state index in [0.717, 1.165) is 29.8 Å². The largest absolute Gasteiger partial charge is 0.468 e. The van der Waals surface area contributed by atoms with Crippen molar-refractivity contribution >= 4 is 17.6 Å². The van der Waals surface area contributed by atoms with Gasteiger partial charge in [0.05, 0.1) is 7.11 Å². The van der Waals surface area contributed by atoms with Crippen LogP contribution in [0.5, 0.6) is 0 Å². The molecule has 1 saturated heterocycles. The molecule has 1 fully saturated rings. The zero-order valence-corrected chi connectivity index (χ0v) is 14.3. The fraction of sp³-hybridized carbons (Fsp3) is 0.300. The van der Waals surface area contributed by atoms with Crippen LogP contribution in [-0.4, -0.2) is 25.5 Å². The second-order valence-electron chi connectivity index (χ2n) is 6.07. The third kappa shape index (κ3) is 4.06. The predicted octanol–water partition coefficient (Wildman–Crippen LogP) is 2.82. The molecule has 1 N–H and O–H groups in total. The summed E-state index contributed by atoms with van der Waals surface area (Å²) in [6.07, 6.45) is 1.51. The maximum Gasteiger partial charge on any atom is 0.327 e. The molecule has 3 rings (SSSR count). The summed E-state index contributed by atoms with van der Waals surface area (Å²) in [6, 6.07) is 16.8. The van der Waals surface area contributed by atoms with Crippen molar-refractivity contribution in [2.45, 2.75) is 25.4 Å². The van der Waals surface area contributed by atoms with E-state index in [1.807, 2.05) is 59.5 Å². The van der Waals surface area contributed by atoms with Gasteiger partial charge >= 0.3 is 5.97 Å². The Bertz CT molecular complexity index is 746. The Kier molecular flexibility index (Phi) is 5.46. The minimum absolute atomic E-state index is 0.168. The van der Waals surface area contributed by atoms with Gasteiger partial charge in [-0.25, -0.2) is 4.79 Å². The van der Waals surface area contributed by atoms with Gasteiger partial charge in [0.2, 0.25) is 5.91 Å². The molecule has 1 amide bonds. The van der Waals surface area contributed by atoms with Crippen LogP contribution in [0, 0.1) is 0 Å². The molecule has 130 valence electrons. The second-order valence-corrected chi connectivity index (χ2v) is 6.07. The zero-order chi connectivity index (χ0) is 17.6. The lowest BCUT2D eigenvalue weighted by atomic mass is 10.1. The zero-order valence-electron chi connectivity index (χ0n) is 14.3. The standard InChI is InChI=1S/C20H22N2O3/c1-25-20(24)19(16-8-3-2-4-9-16)21-14-15-7-5-10-17(13-15)22-12-6-11-18(22)23/h2-5,7-10,13,19,21H,6,11-12,14H2,1H3/t19-/m1/s1.